The van der Waals surface area contributed by atoms with Gasteiger partial charge in [0.25, 0.3) is 0 Å². The monoisotopic (exact) mass is 424 g/mol. The summed E-state index contributed by atoms with van der Waals surface area (Å²) in [7, 11) is 0. The van der Waals surface area contributed by atoms with Gasteiger partial charge in [-0.05, 0) is 48.7 Å². The quantitative estimate of drug-likeness (QED) is 0.609. The molecular weight excluding hydrogens is 401 g/mol. The van der Waals surface area contributed by atoms with E-state index in [1.807, 2.05) is 6.07 Å². The fourth-order valence-electron chi connectivity index (χ4n) is 3.45. The highest BCUT2D eigenvalue weighted by Crippen LogP contribution is 2.31. The summed E-state index contributed by atoms with van der Waals surface area (Å²) in [4.78, 5) is 12.1. The molecule has 1 atom stereocenters. The van der Waals surface area contributed by atoms with Gasteiger partial charge in [-0.2, -0.15) is 13.2 Å². The van der Waals surface area contributed by atoms with Crippen molar-refractivity contribution in [3.05, 3.63) is 63.7 Å². The Balaban J connectivity index is 1.66. The maximum absolute atomic E-state index is 12.7. The first kappa shape index (κ1) is 21.7. The maximum atomic E-state index is 12.7. The Bertz CT molecular complexity index is 866. The van der Waals surface area contributed by atoms with E-state index in [-0.39, 0.29) is 0 Å². The average Bonchev–Trinajstić information content (AvgIpc) is 2.92. The molecule has 0 fully saturated rings. The third kappa shape index (κ3) is 5.52. The molecule has 2 aromatic rings. The van der Waals surface area contributed by atoms with E-state index in [0.717, 1.165) is 44.1 Å². The van der Waals surface area contributed by atoms with Gasteiger partial charge in [0.05, 0.1) is 16.6 Å². The standard InChI is InChI=1S/C22H24ClF3N2O/c1-14(22(24,25)26)12-20(29)17-4-2-15(3-5-17)13-28-21-18-9-11-27-10-8-16(18)6-7-19(21)23/h2-7,14,27-28H,8-13H2,1H3. The van der Waals surface area contributed by atoms with Gasteiger partial charge in [0.1, 0.15) is 0 Å². The van der Waals surface area contributed by atoms with Crippen molar-refractivity contribution < 1.29 is 18.0 Å². The number of ketones is 1. The van der Waals surface area contributed by atoms with Gasteiger partial charge < -0.3 is 10.6 Å². The van der Waals surface area contributed by atoms with E-state index in [2.05, 4.69) is 16.7 Å². The Morgan fingerprint density at radius 2 is 1.83 bits per heavy atom. The van der Waals surface area contributed by atoms with Gasteiger partial charge in [0, 0.05) is 18.5 Å². The molecule has 1 aliphatic rings. The van der Waals surface area contributed by atoms with E-state index in [1.54, 1.807) is 24.3 Å². The summed E-state index contributed by atoms with van der Waals surface area (Å²) in [6.45, 7) is 3.38. The Labute approximate surface area is 173 Å². The topological polar surface area (TPSA) is 41.1 Å². The second-order valence-corrected chi connectivity index (χ2v) is 7.84. The lowest BCUT2D eigenvalue weighted by Crippen LogP contribution is -2.22. The highest BCUT2D eigenvalue weighted by Gasteiger charge is 2.37. The van der Waals surface area contributed by atoms with E-state index in [9.17, 15) is 18.0 Å². The number of carbonyl (C=O) groups excluding carboxylic acids is 1. The third-order valence-corrected chi connectivity index (χ3v) is 5.59. The summed E-state index contributed by atoms with van der Waals surface area (Å²) in [5.74, 6) is -2.15. The van der Waals surface area contributed by atoms with Crippen LogP contribution in [-0.4, -0.2) is 25.0 Å². The predicted octanol–water partition coefficient (Wildman–Crippen LogP) is 5.41. The molecule has 0 aromatic heterocycles. The van der Waals surface area contributed by atoms with Crippen LogP contribution >= 0.6 is 11.6 Å². The first-order valence-corrected chi connectivity index (χ1v) is 10.1. The third-order valence-electron chi connectivity index (χ3n) is 5.28. The highest BCUT2D eigenvalue weighted by molar-refractivity contribution is 6.33. The molecule has 0 radical (unpaired) electrons. The van der Waals surface area contributed by atoms with Crippen LogP contribution in [0.5, 0.6) is 0 Å². The number of nitrogens with one attached hydrogen (secondary N) is 2. The average molecular weight is 425 g/mol. The molecule has 0 saturated carbocycles. The molecule has 2 aromatic carbocycles. The minimum atomic E-state index is -4.36. The SMILES string of the molecule is CC(CC(=O)c1ccc(CNc2c(Cl)ccc3c2CCNCC3)cc1)C(F)(F)F. The number of hydrogen-bond acceptors (Lipinski definition) is 3. The van der Waals surface area contributed by atoms with Gasteiger partial charge in [0.2, 0.25) is 0 Å². The number of hydrogen-bond donors (Lipinski definition) is 2. The van der Waals surface area contributed by atoms with Gasteiger partial charge in [-0.15, -0.1) is 0 Å². The number of anilines is 1. The Hall–Kier alpha value is -2.05. The maximum Gasteiger partial charge on any atom is 0.391 e. The Kier molecular flexibility index (Phi) is 6.85. The van der Waals surface area contributed by atoms with E-state index in [4.69, 9.17) is 11.6 Å². The number of benzene rings is 2. The summed E-state index contributed by atoms with van der Waals surface area (Å²) in [6.07, 6.45) is -3.06. The van der Waals surface area contributed by atoms with Crippen molar-refractivity contribution in [3.8, 4) is 0 Å². The fraction of sp³-hybridized carbons (Fsp3) is 0.409. The van der Waals surface area contributed by atoms with E-state index < -0.39 is 24.3 Å². The first-order chi connectivity index (χ1) is 13.8. The molecule has 0 bridgehead atoms. The molecule has 1 unspecified atom stereocenters. The number of halogens is 4. The number of carbonyl (C=O) groups is 1. The van der Waals surface area contributed by atoms with Crippen molar-refractivity contribution in [2.24, 2.45) is 5.92 Å². The number of alkyl halides is 3. The zero-order chi connectivity index (χ0) is 21.0. The summed E-state index contributed by atoms with van der Waals surface area (Å²) in [6, 6.07) is 10.7. The van der Waals surface area contributed by atoms with Crippen LogP contribution < -0.4 is 10.6 Å². The van der Waals surface area contributed by atoms with Crippen LogP contribution in [0.2, 0.25) is 5.02 Å². The van der Waals surface area contributed by atoms with E-state index in [0.29, 0.717) is 17.1 Å². The van der Waals surface area contributed by atoms with Crippen molar-refractivity contribution >= 4 is 23.1 Å². The van der Waals surface area contributed by atoms with Crippen molar-refractivity contribution in [1.29, 1.82) is 0 Å². The van der Waals surface area contributed by atoms with Crippen LogP contribution in [0.3, 0.4) is 0 Å². The Morgan fingerprint density at radius 3 is 2.52 bits per heavy atom. The highest BCUT2D eigenvalue weighted by atomic mass is 35.5. The van der Waals surface area contributed by atoms with Crippen LogP contribution in [0, 0.1) is 5.92 Å². The zero-order valence-electron chi connectivity index (χ0n) is 16.2. The lowest BCUT2D eigenvalue weighted by atomic mass is 9.98. The van der Waals surface area contributed by atoms with Crippen LogP contribution in [-0.2, 0) is 19.4 Å². The van der Waals surface area contributed by atoms with Gasteiger partial charge in [-0.1, -0.05) is 48.9 Å². The lowest BCUT2D eigenvalue weighted by Gasteiger charge is -2.16. The first-order valence-electron chi connectivity index (χ1n) is 9.69. The lowest BCUT2D eigenvalue weighted by molar-refractivity contribution is -0.168. The van der Waals surface area contributed by atoms with E-state index in [1.165, 1.54) is 11.1 Å². The fourth-order valence-corrected chi connectivity index (χ4v) is 3.69. The summed E-state index contributed by atoms with van der Waals surface area (Å²) in [5.41, 5.74) is 4.64. The summed E-state index contributed by atoms with van der Waals surface area (Å²) in [5, 5.41) is 7.44. The van der Waals surface area contributed by atoms with Gasteiger partial charge in [-0.25, -0.2) is 0 Å². The largest absolute Gasteiger partial charge is 0.391 e. The van der Waals surface area contributed by atoms with Crippen molar-refractivity contribution in [2.75, 3.05) is 18.4 Å². The van der Waals surface area contributed by atoms with Crippen LogP contribution in [0.4, 0.5) is 18.9 Å². The molecule has 3 nitrogen and oxygen atoms in total. The Morgan fingerprint density at radius 1 is 1.14 bits per heavy atom. The zero-order valence-corrected chi connectivity index (χ0v) is 17.0. The normalized spacial score (nSPS) is 15.3. The van der Waals surface area contributed by atoms with Crippen molar-refractivity contribution in [3.63, 3.8) is 0 Å². The molecule has 1 heterocycles. The number of Topliss-reactive ketones (excluding diaryl/α,β-unsaturated/α-hetero) is 1. The summed E-state index contributed by atoms with van der Waals surface area (Å²) >= 11 is 6.41. The van der Waals surface area contributed by atoms with Gasteiger partial charge >= 0.3 is 6.18 Å². The van der Waals surface area contributed by atoms with Gasteiger partial charge in [-0.3, -0.25) is 4.79 Å². The molecule has 7 heteroatoms. The molecule has 29 heavy (non-hydrogen) atoms. The predicted molar refractivity (Wildman–Crippen MR) is 110 cm³/mol. The molecular formula is C22H24ClF3N2O. The van der Waals surface area contributed by atoms with Crippen molar-refractivity contribution in [1.82, 2.24) is 5.32 Å². The number of rotatable bonds is 6. The minimum absolute atomic E-state index is 0.294. The second kappa shape index (κ2) is 9.18. The van der Waals surface area contributed by atoms with Gasteiger partial charge in [0.15, 0.2) is 5.78 Å². The smallest absolute Gasteiger partial charge is 0.380 e. The number of fused-ring (bicyclic) bond motifs is 1. The molecule has 156 valence electrons. The van der Waals surface area contributed by atoms with E-state index >= 15 is 0 Å². The molecule has 1 aliphatic heterocycles. The molecule has 0 aliphatic carbocycles. The molecule has 3 rings (SSSR count). The minimum Gasteiger partial charge on any atom is -0.380 e. The van der Waals surface area contributed by atoms with Crippen LogP contribution in [0.25, 0.3) is 0 Å². The molecule has 2 N–H and O–H groups in total. The molecule has 0 amide bonds. The molecule has 0 spiro atoms. The molecule has 0 saturated heterocycles. The summed E-state index contributed by atoms with van der Waals surface area (Å²) < 4.78 is 38.0. The van der Waals surface area contributed by atoms with Crippen molar-refractivity contribution in [2.45, 2.75) is 38.9 Å². The second-order valence-electron chi connectivity index (χ2n) is 7.43. The van der Waals surface area contributed by atoms with Crippen LogP contribution in [0.15, 0.2) is 36.4 Å². The van der Waals surface area contributed by atoms with Crippen LogP contribution in [0.1, 0.15) is 40.4 Å².